The largest absolute Gasteiger partial charge is 0.378 e. The Morgan fingerprint density at radius 1 is 0.824 bits per heavy atom. The number of hydrogen-bond donors (Lipinski definition) is 1. The smallest absolute Gasteiger partial charge is 0.254 e. The predicted octanol–water partition coefficient (Wildman–Crippen LogP) is 3.46. The first-order valence-corrected chi connectivity index (χ1v) is 11.2. The van der Waals surface area contributed by atoms with Gasteiger partial charge in [-0.05, 0) is 36.4 Å². The lowest BCUT2D eigenvalue weighted by Crippen LogP contribution is -2.36. The molecule has 7 heteroatoms. The second kappa shape index (κ2) is 10.8. The molecule has 0 saturated carbocycles. The van der Waals surface area contributed by atoms with Crippen molar-refractivity contribution in [2.45, 2.75) is 0 Å². The highest BCUT2D eigenvalue weighted by Crippen LogP contribution is 2.19. The SMILES string of the molecule is CN(CC(=O)Nc1ccc(N2CCOCC2)cc1)C(=O)c1ccc(C(=O)c2ccccc2)cc1. The molecule has 0 radical (unpaired) electrons. The van der Waals surface area contributed by atoms with Crippen molar-refractivity contribution in [3.05, 3.63) is 95.6 Å². The molecule has 1 fully saturated rings. The number of anilines is 2. The van der Waals surface area contributed by atoms with Crippen LogP contribution < -0.4 is 10.2 Å². The summed E-state index contributed by atoms with van der Waals surface area (Å²) in [5.74, 6) is -0.686. The molecule has 0 aliphatic carbocycles. The molecule has 1 heterocycles. The molecule has 1 aliphatic heterocycles. The second-order valence-corrected chi connectivity index (χ2v) is 8.13. The molecule has 1 N–H and O–H groups in total. The maximum atomic E-state index is 12.7. The highest BCUT2D eigenvalue weighted by Gasteiger charge is 2.17. The van der Waals surface area contributed by atoms with Crippen molar-refractivity contribution in [1.29, 1.82) is 0 Å². The number of benzene rings is 3. The molecule has 1 aliphatic rings. The van der Waals surface area contributed by atoms with Crippen LogP contribution in [0.25, 0.3) is 0 Å². The maximum Gasteiger partial charge on any atom is 0.254 e. The standard InChI is InChI=1S/C27H27N3O4/c1-29(19-25(31)28-23-11-13-24(14-12-23)30-15-17-34-18-16-30)27(33)22-9-7-21(8-10-22)26(32)20-5-3-2-4-6-20/h2-14H,15-19H2,1H3,(H,28,31). The van der Waals surface area contributed by atoms with Gasteiger partial charge < -0.3 is 19.9 Å². The number of ether oxygens (including phenoxy) is 1. The van der Waals surface area contributed by atoms with Crippen LogP contribution in [0.15, 0.2) is 78.9 Å². The van der Waals surface area contributed by atoms with Crippen LogP contribution in [0.1, 0.15) is 26.3 Å². The zero-order valence-corrected chi connectivity index (χ0v) is 19.1. The Morgan fingerprint density at radius 2 is 1.41 bits per heavy atom. The molecule has 0 bridgehead atoms. The van der Waals surface area contributed by atoms with Gasteiger partial charge in [-0.25, -0.2) is 0 Å². The normalized spacial score (nSPS) is 13.3. The number of ketones is 1. The molecule has 0 atom stereocenters. The van der Waals surface area contributed by atoms with Gasteiger partial charge in [0.2, 0.25) is 5.91 Å². The van der Waals surface area contributed by atoms with Gasteiger partial charge in [0.05, 0.1) is 19.8 Å². The van der Waals surface area contributed by atoms with Gasteiger partial charge in [0, 0.05) is 48.2 Å². The molecule has 3 aromatic carbocycles. The Labute approximate surface area is 198 Å². The Kier molecular flexibility index (Phi) is 7.34. The Morgan fingerprint density at radius 3 is 2.06 bits per heavy atom. The monoisotopic (exact) mass is 457 g/mol. The van der Waals surface area contributed by atoms with Gasteiger partial charge >= 0.3 is 0 Å². The van der Waals surface area contributed by atoms with E-state index < -0.39 is 0 Å². The number of morpholine rings is 1. The van der Waals surface area contributed by atoms with Crippen LogP contribution in [0.5, 0.6) is 0 Å². The Balaban J connectivity index is 1.31. The minimum absolute atomic E-state index is 0.0885. The van der Waals surface area contributed by atoms with Crippen molar-refractivity contribution in [2.24, 2.45) is 0 Å². The van der Waals surface area contributed by atoms with Gasteiger partial charge in [-0.15, -0.1) is 0 Å². The van der Waals surface area contributed by atoms with E-state index in [0.717, 1.165) is 18.8 Å². The summed E-state index contributed by atoms with van der Waals surface area (Å²) >= 11 is 0. The van der Waals surface area contributed by atoms with E-state index >= 15 is 0 Å². The fourth-order valence-electron chi connectivity index (χ4n) is 3.81. The lowest BCUT2D eigenvalue weighted by Gasteiger charge is -2.28. The summed E-state index contributed by atoms with van der Waals surface area (Å²) in [5.41, 5.74) is 3.27. The lowest BCUT2D eigenvalue weighted by molar-refractivity contribution is -0.116. The van der Waals surface area contributed by atoms with Crippen LogP contribution in [0.4, 0.5) is 11.4 Å². The topological polar surface area (TPSA) is 79.0 Å². The average molecular weight is 458 g/mol. The molecule has 2 amide bonds. The van der Waals surface area contributed by atoms with E-state index in [1.165, 1.54) is 4.90 Å². The Bertz CT molecular complexity index is 1140. The third kappa shape index (κ3) is 5.68. The first kappa shape index (κ1) is 23.2. The van der Waals surface area contributed by atoms with E-state index in [0.29, 0.717) is 35.6 Å². The highest BCUT2D eigenvalue weighted by atomic mass is 16.5. The van der Waals surface area contributed by atoms with Crippen LogP contribution >= 0.6 is 0 Å². The van der Waals surface area contributed by atoms with Crippen LogP contribution in [0.3, 0.4) is 0 Å². The summed E-state index contributed by atoms with van der Waals surface area (Å²) in [6.45, 7) is 3.03. The van der Waals surface area contributed by atoms with E-state index in [2.05, 4.69) is 10.2 Å². The predicted molar refractivity (Wildman–Crippen MR) is 131 cm³/mol. The summed E-state index contributed by atoms with van der Waals surface area (Å²) in [4.78, 5) is 41.3. The van der Waals surface area contributed by atoms with Gasteiger partial charge in [0.25, 0.3) is 5.91 Å². The molecule has 0 spiro atoms. The Hall–Kier alpha value is -3.97. The number of nitrogens with zero attached hydrogens (tertiary/aromatic N) is 2. The van der Waals surface area contributed by atoms with Gasteiger partial charge in [0.1, 0.15) is 0 Å². The first-order chi connectivity index (χ1) is 16.5. The summed E-state index contributed by atoms with van der Waals surface area (Å²) in [5, 5.41) is 2.83. The zero-order chi connectivity index (χ0) is 23.9. The quantitative estimate of drug-likeness (QED) is 0.550. The highest BCUT2D eigenvalue weighted by molar-refractivity contribution is 6.09. The zero-order valence-electron chi connectivity index (χ0n) is 19.1. The van der Waals surface area contributed by atoms with E-state index in [1.54, 1.807) is 43.4 Å². The van der Waals surface area contributed by atoms with Crippen molar-refractivity contribution in [2.75, 3.05) is 50.1 Å². The minimum Gasteiger partial charge on any atom is -0.378 e. The third-order valence-electron chi connectivity index (χ3n) is 5.68. The van der Waals surface area contributed by atoms with Gasteiger partial charge in [-0.2, -0.15) is 0 Å². The number of nitrogens with one attached hydrogen (secondary N) is 1. The maximum absolute atomic E-state index is 12.7. The average Bonchev–Trinajstić information content (AvgIpc) is 2.89. The van der Waals surface area contributed by atoms with Crippen LogP contribution in [0, 0.1) is 0 Å². The molecule has 4 rings (SSSR count). The lowest BCUT2D eigenvalue weighted by atomic mass is 10.0. The number of hydrogen-bond acceptors (Lipinski definition) is 5. The molecule has 34 heavy (non-hydrogen) atoms. The van der Waals surface area contributed by atoms with Crippen molar-refractivity contribution in [3.63, 3.8) is 0 Å². The summed E-state index contributed by atoms with van der Waals surface area (Å²) in [6, 6.07) is 23.1. The summed E-state index contributed by atoms with van der Waals surface area (Å²) in [7, 11) is 1.58. The molecular weight excluding hydrogens is 430 g/mol. The van der Waals surface area contributed by atoms with Gasteiger partial charge in [0.15, 0.2) is 5.78 Å². The van der Waals surface area contributed by atoms with E-state index in [-0.39, 0.29) is 24.1 Å². The van der Waals surface area contributed by atoms with Crippen LogP contribution in [0.2, 0.25) is 0 Å². The van der Waals surface area contributed by atoms with E-state index in [4.69, 9.17) is 4.74 Å². The fourth-order valence-corrected chi connectivity index (χ4v) is 3.81. The molecule has 174 valence electrons. The molecule has 0 aromatic heterocycles. The van der Waals surface area contributed by atoms with Gasteiger partial charge in [-0.1, -0.05) is 42.5 Å². The fraction of sp³-hybridized carbons (Fsp3) is 0.222. The molecule has 3 aromatic rings. The van der Waals surface area contributed by atoms with Crippen molar-refractivity contribution in [1.82, 2.24) is 4.90 Å². The minimum atomic E-state index is -0.295. The molecule has 1 saturated heterocycles. The van der Waals surface area contributed by atoms with Crippen molar-refractivity contribution >= 4 is 29.0 Å². The van der Waals surface area contributed by atoms with Gasteiger partial charge in [-0.3, -0.25) is 14.4 Å². The number of carbonyl (C=O) groups is 3. The number of likely N-dealkylation sites (N-methyl/N-ethyl adjacent to an activating group) is 1. The molecule has 0 unspecified atom stereocenters. The number of rotatable bonds is 7. The van der Waals surface area contributed by atoms with Crippen LogP contribution in [-0.4, -0.2) is 62.4 Å². The van der Waals surface area contributed by atoms with Crippen LogP contribution in [-0.2, 0) is 9.53 Å². The van der Waals surface area contributed by atoms with E-state index in [9.17, 15) is 14.4 Å². The number of amides is 2. The second-order valence-electron chi connectivity index (χ2n) is 8.13. The molecular formula is C27H27N3O4. The molecule has 7 nitrogen and oxygen atoms in total. The van der Waals surface area contributed by atoms with E-state index in [1.807, 2.05) is 42.5 Å². The van der Waals surface area contributed by atoms with Crippen molar-refractivity contribution < 1.29 is 19.1 Å². The summed E-state index contributed by atoms with van der Waals surface area (Å²) in [6.07, 6.45) is 0. The van der Waals surface area contributed by atoms with Crippen molar-refractivity contribution in [3.8, 4) is 0 Å². The first-order valence-electron chi connectivity index (χ1n) is 11.2. The summed E-state index contributed by atoms with van der Waals surface area (Å²) < 4.78 is 5.37. The third-order valence-corrected chi connectivity index (χ3v) is 5.68. The number of carbonyl (C=O) groups excluding carboxylic acids is 3.